The Morgan fingerprint density at radius 2 is 1.50 bits per heavy atom. The van der Waals surface area contributed by atoms with E-state index in [1.807, 2.05) is 14.7 Å². The van der Waals surface area contributed by atoms with Crippen molar-refractivity contribution in [2.24, 2.45) is 0 Å². The minimum Gasteiger partial charge on any atom is -0.799 e. The third-order valence-corrected chi connectivity index (χ3v) is 5.32. The van der Waals surface area contributed by atoms with Gasteiger partial charge in [-0.05, 0) is 13.6 Å². The van der Waals surface area contributed by atoms with Crippen LogP contribution in [0.1, 0.15) is 6.92 Å². The van der Waals surface area contributed by atoms with Crippen molar-refractivity contribution in [3.05, 3.63) is 0 Å². The molecule has 1 heterocycles. The van der Waals surface area contributed by atoms with Gasteiger partial charge in [0.1, 0.15) is 0 Å². The largest absolute Gasteiger partial charge is 6.00 e. The maximum Gasteiger partial charge on any atom is 6.00 e. The Morgan fingerprint density at radius 3 is 1.96 bits per heavy atom. The third-order valence-electron chi connectivity index (χ3n) is 4.41. The summed E-state index contributed by atoms with van der Waals surface area (Å²) in [5.41, 5.74) is 0. The molecule has 0 bridgehead atoms. The molecule has 9 nitrogen and oxygen atoms in total. The standard InChI is InChI=1S/C15H34N3O6P.Fe/c1-13(21)9-16-3-4-17(12-25(2,23)24)6-8-18(7-5-16)14(10-19)15(22)11-20;/h13-15,19-22H,3-12H2,1-2H3,(H,23,24);/q;+6/p-1/t13-,14+,15+;/m0./s1. The summed E-state index contributed by atoms with van der Waals surface area (Å²) >= 11 is 0. The molecule has 4 N–H and O–H groups in total. The number of aliphatic hydroxyl groups excluding tert-OH is 4. The van der Waals surface area contributed by atoms with E-state index in [-0.39, 0.29) is 30.0 Å². The monoisotopic (exact) mass is 438 g/mol. The Kier molecular flexibility index (Phi) is 13.0. The van der Waals surface area contributed by atoms with E-state index in [0.717, 1.165) is 0 Å². The Hall–Kier alpha value is 0.429. The Bertz CT molecular complexity index is 428. The molecule has 11 heteroatoms. The van der Waals surface area contributed by atoms with E-state index in [9.17, 15) is 29.9 Å². The van der Waals surface area contributed by atoms with Gasteiger partial charge in [-0.25, -0.2) is 0 Å². The molecule has 4 atom stereocenters. The van der Waals surface area contributed by atoms with Crippen LogP contribution in [0.4, 0.5) is 0 Å². The number of hydrogen-bond acceptors (Lipinski definition) is 9. The van der Waals surface area contributed by atoms with Crippen LogP contribution in [0.2, 0.25) is 0 Å². The molecule has 1 unspecified atom stereocenters. The van der Waals surface area contributed by atoms with E-state index >= 15 is 0 Å². The molecule has 0 saturated carbocycles. The molecule has 1 saturated heterocycles. The van der Waals surface area contributed by atoms with Crippen molar-refractivity contribution in [2.45, 2.75) is 25.2 Å². The van der Waals surface area contributed by atoms with Gasteiger partial charge in [0.15, 0.2) is 0 Å². The molecule has 0 aliphatic carbocycles. The molecule has 0 aromatic rings. The van der Waals surface area contributed by atoms with Crippen LogP contribution >= 0.6 is 7.37 Å². The van der Waals surface area contributed by atoms with E-state index in [1.54, 1.807) is 6.92 Å². The molecule has 1 rings (SSSR count). The van der Waals surface area contributed by atoms with Gasteiger partial charge in [0, 0.05) is 59.5 Å². The van der Waals surface area contributed by atoms with Crippen LogP contribution in [0.3, 0.4) is 0 Å². The van der Waals surface area contributed by atoms with Crippen molar-refractivity contribution in [3.63, 3.8) is 0 Å². The first kappa shape index (κ1) is 26.4. The molecule has 1 aliphatic heterocycles. The predicted molar refractivity (Wildman–Crippen MR) is 93.6 cm³/mol. The molecule has 0 spiro atoms. The molecule has 26 heavy (non-hydrogen) atoms. The van der Waals surface area contributed by atoms with Gasteiger partial charge in [0.2, 0.25) is 0 Å². The van der Waals surface area contributed by atoms with Gasteiger partial charge >= 0.3 is 17.1 Å². The van der Waals surface area contributed by atoms with Crippen molar-refractivity contribution in [1.29, 1.82) is 0 Å². The van der Waals surface area contributed by atoms with Gasteiger partial charge < -0.3 is 29.9 Å². The average molecular weight is 438 g/mol. The predicted octanol–water partition coefficient (Wildman–Crippen LogP) is -2.78. The van der Waals surface area contributed by atoms with Crippen molar-refractivity contribution in [1.82, 2.24) is 14.7 Å². The van der Waals surface area contributed by atoms with Crippen LogP contribution in [-0.2, 0) is 21.6 Å². The molecular weight excluding hydrogens is 405 g/mol. The van der Waals surface area contributed by atoms with Gasteiger partial charge in [0.25, 0.3) is 0 Å². The minimum absolute atomic E-state index is 0. The average Bonchev–Trinajstić information content (AvgIpc) is 2.59. The molecular formula is C15H33FeN3O6P+5. The summed E-state index contributed by atoms with van der Waals surface area (Å²) in [4.78, 5) is 17.4. The van der Waals surface area contributed by atoms with Gasteiger partial charge in [-0.2, -0.15) is 0 Å². The first-order valence-corrected chi connectivity index (χ1v) is 11.0. The fourth-order valence-corrected chi connectivity index (χ4v) is 4.16. The second kappa shape index (κ2) is 12.8. The molecule has 0 aromatic carbocycles. The summed E-state index contributed by atoms with van der Waals surface area (Å²) in [6, 6.07) is -0.612. The van der Waals surface area contributed by atoms with Crippen LogP contribution in [0, 0.1) is 0 Å². The van der Waals surface area contributed by atoms with Crippen LogP contribution in [0.25, 0.3) is 0 Å². The van der Waals surface area contributed by atoms with Crippen molar-refractivity contribution in [3.8, 4) is 0 Å². The first-order chi connectivity index (χ1) is 11.7. The zero-order chi connectivity index (χ0) is 19.0. The second-order valence-corrected chi connectivity index (χ2v) is 9.27. The van der Waals surface area contributed by atoms with Crippen LogP contribution in [0.15, 0.2) is 0 Å². The molecule has 1 aliphatic rings. The van der Waals surface area contributed by atoms with Gasteiger partial charge in [-0.15, -0.1) is 0 Å². The first-order valence-electron chi connectivity index (χ1n) is 8.70. The molecule has 0 radical (unpaired) electrons. The zero-order valence-electron chi connectivity index (χ0n) is 15.6. The number of β-amino-alcohol motifs (C(OH)–C–C–N with tert-alkyl or cyclic N) is 1. The zero-order valence-corrected chi connectivity index (χ0v) is 17.5. The topological polar surface area (TPSA) is 131 Å². The summed E-state index contributed by atoms with van der Waals surface area (Å²) in [7, 11) is -3.45. The third kappa shape index (κ3) is 10.1. The van der Waals surface area contributed by atoms with E-state index in [1.165, 1.54) is 6.66 Å². The van der Waals surface area contributed by atoms with Gasteiger partial charge in [0.05, 0.1) is 31.5 Å². The SMILES string of the molecule is C[C@H](O)CN1CCN(CP(C)(=O)[O-])CCN([C@H](CO)[C@H](O)CO)CC1.[Fe+6]. The summed E-state index contributed by atoms with van der Waals surface area (Å²) in [6.07, 6.45) is -1.60. The van der Waals surface area contributed by atoms with E-state index in [4.69, 9.17) is 0 Å². The molecule has 0 amide bonds. The number of aliphatic hydroxyl groups is 4. The van der Waals surface area contributed by atoms with Crippen molar-refractivity contribution in [2.75, 3.05) is 72.0 Å². The normalized spacial score (nSPS) is 24.4. The van der Waals surface area contributed by atoms with Gasteiger partial charge in [-0.1, -0.05) is 0 Å². The van der Waals surface area contributed by atoms with Crippen LogP contribution in [0.5, 0.6) is 0 Å². The van der Waals surface area contributed by atoms with E-state index < -0.39 is 32.2 Å². The van der Waals surface area contributed by atoms with Crippen LogP contribution in [-0.4, -0.2) is 125 Å². The smallest absolute Gasteiger partial charge is 0.799 e. The summed E-state index contributed by atoms with van der Waals surface area (Å²) in [5.74, 6) is 0. The van der Waals surface area contributed by atoms with Crippen molar-refractivity contribution >= 4 is 7.37 Å². The number of rotatable bonds is 8. The van der Waals surface area contributed by atoms with Crippen LogP contribution < -0.4 is 4.89 Å². The maximum atomic E-state index is 11.7. The Morgan fingerprint density at radius 1 is 1.00 bits per heavy atom. The minimum atomic E-state index is -3.45. The quantitative estimate of drug-likeness (QED) is 0.235. The summed E-state index contributed by atoms with van der Waals surface area (Å²) in [5, 5.41) is 38.4. The fourth-order valence-electron chi connectivity index (χ4n) is 3.15. The van der Waals surface area contributed by atoms with Gasteiger partial charge in [-0.3, -0.25) is 14.7 Å². The van der Waals surface area contributed by atoms with E-state index in [2.05, 4.69) is 0 Å². The second-order valence-electron chi connectivity index (χ2n) is 6.96. The Labute approximate surface area is 166 Å². The molecule has 152 valence electrons. The summed E-state index contributed by atoms with van der Waals surface area (Å²) in [6.45, 7) is 5.95. The van der Waals surface area contributed by atoms with E-state index in [0.29, 0.717) is 45.8 Å². The maximum absolute atomic E-state index is 11.7. The summed E-state index contributed by atoms with van der Waals surface area (Å²) < 4.78 is 11.7. The number of hydrogen-bond donors (Lipinski definition) is 4. The molecule has 0 aromatic heterocycles. The Balaban J connectivity index is 0.00000625. The van der Waals surface area contributed by atoms with Crippen molar-refractivity contribution < 1.29 is 47.0 Å². The fraction of sp³-hybridized carbons (Fsp3) is 1.00. The number of nitrogens with zero attached hydrogens (tertiary/aromatic N) is 3. The molecule has 1 fully saturated rings.